The minimum absolute atomic E-state index is 0.0474. The summed E-state index contributed by atoms with van der Waals surface area (Å²) in [6, 6.07) is 7.99. The molecule has 1 aromatic carbocycles. The van der Waals surface area contributed by atoms with Gasteiger partial charge in [0, 0.05) is 17.5 Å². The topological polar surface area (TPSA) is 77.2 Å². The summed E-state index contributed by atoms with van der Waals surface area (Å²) in [7, 11) is 1.65. The number of nitrogens with two attached hydrogens (primary N) is 1. The highest BCUT2D eigenvalue weighted by Gasteiger charge is 2.29. The SMILES string of the molecule is COc1ccc(-c2nc(C)c(C(C)NC(=O)C3CCC(N)C3)s2)cc1. The molecule has 1 aliphatic rings. The molecule has 0 radical (unpaired) electrons. The zero-order chi connectivity index (χ0) is 18.0. The number of aryl methyl sites for hydroxylation is 1. The van der Waals surface area contributed by atoms with Crippen LogP contribution in [0.5, 0.6) is 5.75 Å². The standard InChI is InChI=1S/C19H25N3O2S/c1-11(21-18(23)14-4-7-15(20)10-14)17-12(2)22-19(25-17)13-5-8-16(24-3)9-6-13/h5-6,8-9,11,14-15H,4,7,10,20H2,1-3H3,(H,21,23). The molecule has 1 fully saturated rings. The largest absolute Gasteiger partial charge is 0.497 e. The zero-order valence-electron chi connectivity index (χ0n) is 14.9. The van der Waals surface area contributed by atoms with E-state index in [1.807, 2.05) is 38.1 Å². The lowest BCUT2D eigenvalue weighted by Gasteiger charge is -2.16. The van der Waals surface area contributed by atoms with E-state index in [1.165, 1.54) is 0 Å². The summed E-state index contributed by atoms with van der Waals surface area (Å²) >= 11 is 1.63. The summed E-state index contributed by atoms with van der Waals surface area (Å²) < 4.78 is 5.20. The smallest absolute Gasteiger partial charge is 0.223 e. The van der Waals surface area contributed by atoms with Gasteiger partial charge in [0.25, 0.3) is 0 Å². The Morgan fingerprint density at radius 1 is 1.36 bits per heavy atom. The average Bonchev–Trinajstić information content (AvgIpc) is 3.21. The molecule has 2 aromatic rings. The summed E-state index contributed by atoms with van der Waals surface area (Å²) in [5, 5.41) is 4.10. The van der Waals surface area contributed by atoms with Gasteiger partial charge in [0.2, 0.25) is 5.91 Å². The Labute approximate surface area is 152 Å². The Morgan fingerprint density at radius 2 is 2.08 bits per heavy atom. The predicted octanol–water partition coefficient (Wildman–Crippen LogP) is 3.43. The van der Waals surface area contributed by atoms with Crippen molar-refractivity contribution >= 4 is 17.2 Å². The first-order valence-electron chi connectivity index (χ1n) is 8.65. The molecule has 5 nitrogen and oxygen atoms in total. The Balaban J connectivity index is 1.71. The minimum atomic E-state index is -0.0474. The summed E-state index contributed by atoms with van der Waals surface area (Å²) in [5.74, 6) is 0.985. The lowest BCUT2D eigenvalue weighted by atomic mass is 10.1. The van der Waals surface area contributed by atoms with Crippen molar-refractivity contribution in [2.24, 2.45) is 11.7 Å². The van der Waals surface area contributed by atoms with Crippen LogP contribution < -0.4 is 15.8 Å². The second kappa shape index (κ2) is 7.54. The van der Waals surface area contributed by atoms with E-state index < -0.39 is 0 Å². The fourth-order valence-corrected chi connectivity index (χ4v) is 4.39. The molecule has 1 aromatic heterocycles. The van der Waals surface area contributed by atoms with Gasteiger partial charge in [-0.1, -0.05) is 0 Å². The van der Waals surface area contributed by atoms with Gasteiger partial charge in [-0.15, -0.1) is 11.3 Å². The highest BCUT2D eigenvalue weighted by molar-refractivity contribution is 7.15. The molecule has 0 aliphatic heterocycles. The number of nitrogens with zero attached hydrogens (tertiary/aromatic N) is 1. The first-order chi connectivity index (χ1) is 12.0. The fraction of sp³-hybridized carbons (Fsp3) is 0.474. The van der Waals surface area contributed by atoms with Crippen molar-refractivity contribution in [2.75, 3.05) is 7.11 Å². The monoisotopic (exact) mass is 359 g/mol. The molecule has 1 heterocycles. The number of hydrogen-bond donors (Lipinski definition) is 2. The van der Waals surface area contributed by atoms with Gasteiger partial charge < -0.3 is 15.8 Å². The van der Waals surface area contributed by atoms with Crippen LogP contribution in [-0.4, -0.2) is 24.0 Å². The number of rotatable bonds is 5. The van der Waals surface area contributed by atoms with Crippen molar-refractivity contribution in [1.82, 2.24) is 10.3 Å². The van der Waals surface area contributed by atoms with Crippen molar-refractivity contribution in [3.05, 3.63) is 34.8 Å². The van der Waals surface area contributed by atoms with E-state index in [2.05, 4.69) is 10.3 Å². The molecule has 1 aliphatic carbocycles. The minimum Gasteiger partial charge on any atom is -0.497 e. The first-order valence-corrected chi connectivity index (χ1v) is 9.47. The molecule has 6 heteroatoms. The van der Waals surface area contributed by atoms with E-state index in [9.17, 15) is 4.79 Å². The predicted molar refractivity (Wildman–Crippen MR) is 101 cm³/mol. The van der Waals surface area contributed by atoms with Gasteiger partial charge in [0.15, 0.2) is 0 Å². The Bertz CT molecular complexity index is 742. The normalized spacial score (nSPS) is 21.1. The summed E-state index contributed by atoms with van der Waals surface area (Å²) in [6.45, 7) is 4.01. The maximum Gasteiger partial charge on any atom is 0.223 e. The summed E-state index contributed by atoms with van der Waals surface area (Å²) in [6.07, 6.45) is 2.61. The van der Waals surface area contributed by atoms with Crippen LogP contribution in [0.2, 0.25) is 0 Å². The number of methoxy groups -OCH3 is 1. The molecule has 1 amide bonds. The second-order valence-electron chi connectivity index (χ2n) is 6.70. The van der Waals surface area contributed by atoms with Crippen LogP contribution in [0.25, 0.3) is 10.6 Å². The van der Waals surface area contributed by atoms with Gasteiger partial charge in [-0.25, -0.2) is 4.98 Å². The Morgan fingerprint density at radius 3 is 2.68 bits per heavy atom. The third-order valence-electron chi connectivity index (χ3n) is 4.77. The lowest BCUT2D eigenvalue weighted by molar-refractivity contribution is -0.125. The van der Waals surface area contributed by atoms with Gasteiger partial charge in [0.05, 0.1) is 23.7 Å². The second-order valence-corrected chi connectivity index (χ2v) is 7.73. The Hall–Kier alpha value is -1.92. The van der Waals surface area contributed by atoms with Crippen LogP contribution in [0.15, 0.2) is 24.3 Å². The number of ether oxygens (including phenoxy) is 1. The summed E-state index contributed by atoms with van der Waals surface area (Å²) in [4.78, 5) is 18.2. The molecular weight excluding hydrogens is 334 g/mol. The maximum absolute atomic E-state index is 12.4. The van der Waals surface area contributed by atoms with Gasteiger partial charge in [-0.2, -0.15) is 0 Å². The number of amides is 1. The van der Waals surface area contributed by atoms with Crippen LogP contribution in [0.1, 0.15) is 42.8 Å². The molecule has 3 unspecified atom stereocenters. The highest BCUT2D eigenvalue weighted by Crippen LogP contribution is 2.33. The summed E-state index contributed by atoms with van der Waals surface area (Å²) in [5.41, 5.74) is 7.94. The van der Waals surface area contributed by atoms with E-state index in [1.54, 1.807) is 18.4 Å². The van der Waals surface area contributed by atoms with Crippen LogP contribution in [0, 0.1) is 12.8 Å². The molecule has 3 atom stereocenters. The van der Waals surface area contributed by atoms with Crippen molar-refractivity contribution in [1.29, 1.82) is 0 Å². The number of hydrogen-bond acceptors (Lipinski definition) is 5. The third kappa shape index (κ3) is 4.02. The third-order valence-corrected chi connectivity index (χ3v) is 6.15. The average molecular weight is 359 g/mol. The van der Waals surface area contributed by atoms with Crippen molar-refractivity contribution in [3.8, 4) is 16.3 Å². The van der Waals surface area contributed by atoms with Crippen LogP contribution in [0.4, 0.5) is 0 Å². The molecule has 0 spiro atoms. The van der Waals surface area contributed by atoms with Gasteiger partial charge in [-0.05, 0) is 57.4 Å². The first kappa shape index (κ1) is 17.9. The molecule has 3 N–H and O–H groups in total. The molecule has 1 saturated carbocycles. The molecule has 0 bridgehead atoms. The van der Waals surface area contributed by atoms with Crippen LogP contribution in [-0.2, 0) is 4.79 Å². The number of nitrogens with one attached hydrogen (secondary N) is 1. The van der Waals surface area contributed by atoms with Crippen LogP contribution in [0.3, 0.4) is 0 Å². The number of carbonyl (C=O) groups is 1. The van der Waals surface area contributed by atoms with E-state index >= 15 is 0 Å². The molecule has 134 valence electrons. The van der Waals surface area contributed by atoms with E-state index in [0.717, 1.165) is 46.2 Å². The quantitative estimate of drug-likeness (QED) is 0.857. The van der Waals surface area contributed by atoms with E-state index in [-0.39, 0.29) is 23.9 Å². The number of thiazole rings is 1. The molecule has 0 saturated heterocycles. The highest BCUT2D eigenvalue weighted by atomic mass is 32.1. The fourth-order valence-electron chi connectivity index (χ4n) is 3.32. The molecule has 3 rings (SSSR count). The molecule has 25 heavy (non-hydrogen) atoms. The van der Waals surface area contributed by atoms with Crippen molar-refractivity contribution < 1.29 is 9.53 Å². The Kier molecular flexibility index (Phi) is 5.39. The van der Waals surface area contributed by atoms with E-state index in [4.69, 9.17) is 10.5 Å². The maximum atomic E-state index is 12.4. The molecular formula is C19H25N3O2S. The number of carbonyl (C=O) groups excluding carboxylic acids is 1. The lowest BCUT2D eigenvalue weighted by Crippen LogP contribution is -2.32. The van der Waals surface area contributed by atoms with E-state index in [0.29, 0.717) is 0 Å². The zero-order valence-corrected chi connectivity index (χ0v) is 15.7. The van der Waals surface area contributed by atoms with Crippen molar-refractivity contribution in [2.45, 2.75) is 45.2 Å². The van der Waals surface area contributed by atoms with Gasteiger partial charge in [0.1, 0.15) is 10.8 Å². The van der Waals surface area contributed by atoms with Gasteiger partial charge in [-0.3, -0.25) is 4.79 Å². The number of aromatic nitrogens is 1. The van der Waals surface area contributed by atoms with Crippen molar-refractivity contribution in [3.63, 3.8) is 0 Å². The van der Waals surface area contributed by atoms with Gasteiger partial charge >= 0.3 is 0 Å². The van der Waals surface area contributed by atoms with Crippen LogP contribution >= 0.6 is 11.3 Å². The number of benzene rings is 1.